The molecule has 0 saturated heterocycles. The molecule has 1 amide bonds. The van der Waals surface area contributed by atoms with Crippen LogP contribution in [0.5, 0.6) is 0 Å². The molecule has 5 heteroatoms. The van der Waals surface area contributed by atoms with Crippen molar-refractivity contribution in [3.63, 3.8) is 0 Å². The third kappa shape index (κ3) is 4.42. The number of hydrogen-bond donors (Lipinski definition) is 2. The summed E-state index contributed by atoms with van der Waals surface area (Å²) in [5, 5.41) is 6.87. The zero-order valence-electron chi connectivity index (χ0n) is 11.6. The van der Waals surface area contributed by atoms with Crippen molar-refractivity contribution in [2.75, 3.05) is 11.9 Å². The molecule has 0 spiro atoms. The number of carbonyl (C=O) groups is 1. The molecule has 108 valence electrons. The van der Waals surface area contributed by atoms with Gasteiger partial charge in [0.05, 0.1) is 12.3 Å². The first-order chi connectivity index (χ1) is 10.2. The lowest BCUT2D eigenvalue weighted by molar-refractivity contribution is -0.119. The summed E-state index contributed by atoms with van der Waals surface area (Å²) in [5.41, 5.74) is 4.03. The second-order valence-corrected chi connectivity index (χ2v) is 4.43. The number of nitrogens with one attached hydrogen (secondary N) is 2. The highest BCUT2D eigenvalue weighted by atomic mass is 19.1. The Kier molecular flexibility index (Phi) is 5.04. The van der Waals surface area contributed by atoms with Gasteiger partial charge in [-0.25, -0.2) is 9.82 Å². The van der Waals surface area contributed by atoms with E-state index in [0.29, 0.717) is 11.3 Å². The fraction of sp³-hybridized carbons (Fsp3) is 0.125. The van der Waals surface area contributed by atoms with E-state index in [9.17, 15) is 9.18 Å². The Morgan fingerprint density at radius 1 is 1.10 bits per heavy atom. The average Bonchev–Trinajstić information content (AvgIpc) is 2.52. The topological polar surface area (TPSA) is 53.5 Å². The fourth-order valence-corrected chi connectivity index (χ4v) is 1.74. The number of anilines is 1. The molecule has 2 N–H and O–H groups in total. The van der Waals surface area contributed by atoms with E-state index in [1.807, 2.05) is 30.3 Å². The van der Waals surface area contributed by atoms with Crippen LogP contribution in [0.15, 0.2) is 59.7 Å². The standard InChI is InChI=1S/C16H16FN3O/c1-12(14-9-5-6-10-15(14)17)19-20-16(21)11-18-13-7-3-2-4-8-13/h2-10,18H,11H2,1H3,(H,20,21)/b19-12-. The van der Waals surface area contributed by atoms with Crippen molar-refractivity contribution in [1.82, 2.24) is 5.43 Å². The van der Waals surface area contributed by atoms with Gasteiger partial charge in [-0.05, 0) is 25.1 Å². The molecule has 0 heterocycles. The molecule has 2 aromatic carbocycles. The molecule has 0 aliphatic rings. The Morgan fingerprint density at radius 3 is 2.48 bits per heavy atom. The van der Waals surface area contributed by atoms with Crippen molar-refractivity contribution in [3.8, 4) is 0 Å². The van der Waals surface area contributed by atoms with Crippen molar-refractivity contribution in [3.05, 3.63) is 66.0 Å². The Morgan fingerprint density at radius 2 is 1.76 bits per heavy atom. The minimum Gasteiger partial charge on any atom is -0.376 e. The lowest BCUT2D eigenvalue weighted by Gasteiger charge is -2.06. The number of rotatable bonds is 5. The van der Waals surface area contributed by atoms with Crippen LogP contribution in [0.4, 0.5) is 10.1 Å². The maximum atomic E-state index is 13.5. The van der Waals surface area contributed by atoms with Gasteiger partial charge in [0.15, 0.2) is 0 Å². The fourth-order valence-electron chi connectivity index (χ4n) is 1.74. The van der Waals surface area contributed by atoms with E-state index in [2.05, 4.69) is 15.8 Å². The summed E-state index contributed by atoms with van der Waals surface area (Å²) >= 11 is 0. The van der Waals surface area contributed by atoms with E-state index in [0.717, 1.165) is 5.69 Å². The molecule has 0 aliphatic carbocycles. The van der Waals surface area contributed by atoms with E-state index in [1.54, 1.807) is 25.1 Å². The van der Waals surface area contributed by atoms with Crippen LogP contribution in [-0.2, 0) is 4.79 Å². The molecule has 0 aliphatic heterocycles. The number of benzene rings is 2. The average molecular weight is 285 g/mol. The number of hydrogen-bond acceptors (Lipinski definition) is 3. The number of halogens is 1. The molecule has 2 aromatic rings. The number of para-hydroxylation sites is 1. The summed E-state index contributed by atoms with van der Waals surface area (Å²) in [5.74, 6) is -0.662. The highest BCUT2D eigenvalue weighted by Crippen LogP contribution is 2.07. The Labute approximate surface area is 122 Å². The van der Waals surface area contributed by atoms with Crippen molar-refractivity contribution >= 4 is 17.3 Å². The Hall–Kier alpha value is -2.69. The highest BCUT2D eigenvalue weighted by Gasteiger charge is 2.05. The molecule has 0 aromatic heterocycles. The number of nitrogens with zero attached hydrogens (tertiary/aromatic N) is 1. The van der Waals surface area contributed by atoms with Crippen LogP contribution in [-0.4, -0.2) is 18.2 Å². The van der Waals surface area contributed by atoms with Gasteiger partial charge in [-0.1, -0.05) is 36.4 Å². The Bertz CT molecular complexity index is 641. The molecule has 0 saturated carbocycles. The summed E-state index contributed by atoms with van der Waals surface area (Å²) in [6.45, 7) is 1.74. The van der Waals surface area contributed by atoms with Gasteiger partial charge in [0.25, 0.3) is 5.91 Å². The lowest BCUT2D eigenvalue weighted by Crippen LogP contribution is -2.26. The van der Waals surface area contributed by atoms with Gasteiger partial charge in [0, 0.05) is 11.3 Å². The SMILES string of the molecule is C/C(=N/NC(=O)CNc1ccccc1)c1ccccc1F. The van der Waals surface area contributed by atoms with Gasteiger partial charge >= 0.3 is 0 Å². The molecule has 4 nitrogen and oxygen atoms in total. The van der Waals surface area contributed by atoms with E-state index in [-0.39, 0.29) is 18.3 Å². The van der Waals surface area contributed by atoms with Crippen LogP contribution in [0.2, 0.25) is 0 Å². The third-order valence-corrected chi connectivity index (χ3v) is 2.84. The summed E-state index contributed by atoms with van der Waals surface area (Å²) < 4.78 is 13.5. The third-order valence-electron chi connectivity index (χ3n) is 2.84. The molecular formula is C16H16FN3O. The van der Waals surface area contributed by atoms with Crippen LogP contribution >= 0.6 is 0 Å². The molecule has 0 bridgehead atoms. The molecule has 0 radical (unpaired) electrons. The second kappa shape index (κ2) is 7.19. The molecule has 0 fully saturated rings. The second-order valence-electron chi connectivity index (χ2n) is 4.43. The van der Waals surface area contributed by atoms with E-state index < -0.39 is 0 Å². The largest absolute Gasteiger partial charge is 0.376 e. The molecule has 21 heavy (non-hydrogen) atoms. The zero-order chi connectivity index (χ0) is 15.1. The quantitative estimate of drug-likeness (QED) is 0.655. The molecule has 0 atom stereocenters. The summed E-state index contributed by atoms with van der Waals surface area (Å²) in [6.07, 6.45) is 0. The summed E-state index contributed by atoms with van der Waals surface area (Å²) in [4.78, 5) is 11.7. The van der Waals surface area contributed by atoms with E-state index >= 15 is 0 Å². The van der Waals surface area contributed by atoms with Crippen molar-refractivity contribution in [2.45, 2.75) is 6.92 Å². The van der Waals surface area contributed by atoms with E-state index in [4.69, 9.17) is 0 Å². The molecule has 2 rings (SSSR count). The van der Waals surface area contributed by atoms with Crippen molar-refractivity contribution < 1.29 is 9.18 Å². The zero-order valence-corrected chi connectivity index (χ0v) is 11.6. The van der Waals surface area contributed by atoms with Crippen LogP contribution < -0.4 is 10.7 Å². The van der Waals surface area contributed by atoms with Gasteiger partial charge in [-0.3, -0.25) is 4.79 Å². The molecule has 0 unspecified atom stereocenters. The first-order valence-electron chi connectivity index (χ1n) is 6.54. The molecular weight excluding hydrogens is 269 g/mol. The maximum Gasteiger partial charge on any atom is 0.259 e. The Balaban J connectivity index is 1.88. The predicted molar refractivity (Wildman–Crippen MR) is 81.7 cm³/mol. The smallest absolute Gasteiger partial charge is 0.259 e. The highest BCUT2D eigenvalue weighted by molar-refractivity contribution is 5.99. The van der Waals surface area contributed by atoms with Crippen LogP contribution in [0.1, 0.15) is 12.5 Å². The van der Waals surface area contributed by atoms with Crippen LogP contribution in [0.25, 0.3) is 0 Å². The number of carbonyl (C=O) groups excluding carboxylic acids is 1. The van der Waals surface area contributed by atoms with Crippen molar-refractivity contribution in [1.29, 1.82) is 0 Å². The lowest BCUT2D eigenvalue weighted by atomic mass is 10.1. The van der Waals surface area contributed by atoms with Gasteiger partial charge in [0.2, 0.25) is 0 Å². The first kappa shape index (κ1) is 14.7. The summed E-state index contributed by atoms with van der Waals surface area (Å²) in [7, 11) is 0. The first-order valence-corrected chi connectivity index (χ1v) is 6.54. The van der Waals surface area contributed by atoms with Crippen molar-refractivity contribution in [2.24, 2.45) is 5.10 Å². The van der Waals surface area contributed by atoms with Gasteiger partial charge in [-0.2, -0.15) is 5.10 Å². The predicted octanol–water partition coefficient (Wildman–Crippen LogP) is 2.78. The minimum absolute atomic E-state index is 0.0953. The number of amides is 1. The van der Waals surface area contributed by atoms with Crippen LogP contribution in [0, 0.1) is 5.82 Å². The van der Waals surface area contributed by atoms with E-state index in [1.165, 1.54) is 6.07 Å². The van der Waals surface area contributed by atoms with Gasteiger partial charge < -0.3 is 5.32 Å². The van der Waals surface area contributed by atoms with Crippen LogP contribution in [0.3, 0.4) is 0 Å². The maximum absolute atomic E-state index is 13.5. The van der Waals surface area contributed by atoms with Gasteiger partial charge in [-0.15, -0.1) is 0 Å². The monoisotopic (exact) mass is 285 g/mol. The normalized spacial score (nSPS) is 11.0. The van der Waals surface area contributed by atoms with Gasteiger partial charge in [0.1, 0.15) is 5.82 Å². The number of hydrazone groups is 1. The summed E-state index contributed by atoms with van der Waals surface area (Å²) in [6, 6.07) is 15.7. The minimum atomic E-state index is -0.365.